The van der Waals surface area contributed by atoms with Crippen LogP contribution in [-0.2, 0) is 4.74 Å². The third-order valence-corrected chi connectivity index (χ3v) is 2.28. The minimum absolute atomic E-state index is 0.786. The number of nitrogens with zero attached hydrogens (tertiary/aromatic N) is 1. The first-order valence-corrected chi connectivity index (χ1v) is 5.58. The highest BCUT2D eigenvalue weighted by molar-refractivity contribution is 5.28. The molecule has 0 spiro atoms. The van der Waals surface area contributed by atoms with Crippen LogP contribution in [0.15, 0.2) is 36.2 Å². The first-order chi connectivity index (χ1) is 7.29. The zero-order valence-corrected chi connectivity index (χ0v) is 9.86. The van der Waals surface area contributed by atoms with Gasteiger partial charge in [0.05, 0.1) is 5.70 Å². The van der Waals surface area contributed by atoms with E-state index in [1.54, 1.807) is 0 Å². The first kappa shape index (κ1) is 12.1. The molecular formula is C13H20NO. The van der Waals surface area contributed by atoms with Crippen molar-refractivity contribution in [1.82, 2.24) is 4.90 Å². The van der Waals surface area contributed by atoms with Gasteiger partial charge in [-0.25, -0.2) is 0 Å². The zero-order chi connectivity index (χ0) is 11.1. The number of rotatable bonds is 5. The van der Waals surface area contributed by atoms with Crippen LogP contribution in [0.4, 0.5) is 0 Å². The molecule has 0 atom stereocenters. The fourth-order valence-electron chi connectivity index (χ4n) is 1.46. The lowest BCUT2D eigenvalue weighted by Gasteiger charge is -2.25. The first-order valence-electron chi connectivity index (χ1n) is 5.58. The molecule has 1 aliphatic rings. The van der Waals surface area contributed by atoms with Crippen LogP contribution in [0.2, 0.25) is 0 Å². The molecule has 0 fully saturated rings. The maximum Gasteiger partial charge on any atom is 0.139 e. The van der Waals surface area contributed by atoms with E-state index in [4.69, 9.17) is 4.74 Å². The Morgan fingerprint density at radius 2 is 2.07 bits per heavy atom. The van der Waals surface area contributed by atoms with Crippen LogP contribution < -0.4 is 0 Å². The van der Waals surface area contributed by atoms with Crippen LogP contribution in [0.3, 0.4) is 0 Å². The fourth-order valence-corrected chi connectivity index (χ4v) is 1.46. The highest BCUT2D eigenvalue weighted by Gasteiger charge is 2.14. The summed E-state index contributed by atoms with van der Waals surface area (Å²) in [5, 5.41) is 0. The molecule has 1 rings (SSSR count). The van der Waals surface area contributed by atoms with Crippen molar-refractivity contribution in [3.63, 3.8) is 0 Å². The van der Waals surface area contributed by atoms with Crippen molar-refractivity contribution in [1.29, 1.82) is 0 Å². The predicted molar refractivity (Wildman–Crippen MR) is 63.9 cm³/mol. The molecule has 0 amide bonds. The number of hydrogen-bond acceptors (Lipinski definition) is 2. The molecule has 0 unspecified atom stereocenters. The molecule has 1 radical (unpaired) electrons. The molecule has 0 bridgehead atoms. The number of likely N-dealkylation sites (N-methyl/N-ethyl adjacent to an activating group) is 1. The van der Waals surface area contributed by atoms with Crippen molar-refractivity contribution in [3.8, 4) is 0 Å². The summed E-state index contributed by atoms with van der Waals surface area (Å²) in [6.45, 7) is 8.02. The normalized spacial score (nSPS) is 15.7. The van der Waals surface area contributed by atoms with E-state index in [0.29, 0.717) is 0 Å². The van der Waals surface area contributed by atoms with Gasteiger partial charge in [0.25, 0.3) is 0 Å². The molecule has 1 aliphatic heterocycles. The van der Waals surface area contributed by atoms with Crippen molar-refractivity contribution >= 4 is 0 Å². The van der Waals surface area contributed by atoms with E-state index in [1.165, 1.54) is 0 Å². The van der Waals surface area contributed by atoms with Crippen LogP contribution in [0.25, 0.3) is 0 Å². The molecule has 0 aromatic rings. The maximum absolute atomic E-state index is 5.66. The molecule has 0 saturated heterocycles. The van der Waals surface area contributed by atoms with Gasteiger partial charge in [0, 0.05) is 19.4 Å². The Bertz CT molecular complexity index is 266. The second-order valence-electron chi connectivity index (χ2n) is 3.47. The van der Waals surface area contributed by atoms with Gasteiger partial charge in [-0.3, -0.25) is 0 Å². The number of hydrogen-bond donors (Lipinski definition) is 0. The Morgan fingerprint density at radius 3 is 2.73 bits per heavy atom. The molecule has 0 aliphatic carbocycles. The van der Waals surface area contributed by atoms with E-state index in [0.717, 1.165) is 31.4 Å². The summed E-state index contributed by atoms with van der Waals surface area (Å²) in [4.78, 5) is 2.19. The van der Waals surface area contributed by atoms with Gasteiger partial charge in [-0.2, -0.15) is 0 Å². The molecule has 2 nitrogen and oxygen atoms in total. The molecule has 15 heavy (non-hydrogen) atoms. The summed E-state index contributed by atoms with van der Waals surface area (Å²) in [5.41, 5.74) is 1.15. The van der Waals surface area contributed by atoms with Crippen LogP contribution in [0.1, 0.15) is 27.2 Å². The van der Waals surface area contributed by atoms with E-state index in [-0.39, 0.29) is 0 Å². The van der Waals surface area contributed by atoms with Crippen molar-refractivity contribution in [2.24, 2.45) is 0 Å². The van der Waals surface area contributed by atoms with Gasteiger partial charge in [-0.1, -0.05) is 19.1 Å². The quantitative estimate of drug-likeness (QED) is 0.684. The molecule has 0 aromatic carbocycles. The number of ether oxygens (including phenoxy) is 1. The molecule has 0 saturated carbocycles. The Morgan fingerprint density at radius 1 is 1.27 bits per heavy atom. The van der Waals surface area contributed by atoms with Gasteiger partial charge in [0.1, 0.15) is 6.10 Å². The lowest BCUT2D eigenvalue weighted by Crippen LogP contribution is -2.21. The second-order valence-corrected chi connectivity index (χ2v) is 3.47. The van der Waals surface area contributed by atoms with E-state index in [2.05, 4.69) is 31.0 Å². The van der Waals surface area contributed by atoms with Gasteiger partial charge < -0.3 is 9.64 Å². The van der Waals surface area contributed by atoms with E-state index < -0.39 is 0 Å². The summed E-state index contributed by atoms with van der Waals surface area (Å²) < 4.78 is 5.66. The van der Waals surface area contributed by atoms with Crippen LogP contribution in [0.5, 0.6) is 0 Å². The van der Waals surface area contributed by atoms with E-state index in [9.17, 15) is 0 Å². The lowest BCUT2D eigenvalue weighted by molar-refractivity contribution is 0.150. The van der Waals surface area contributed by atoms with Gasteiger partial charge >= 0.3 is 0 Å². The van der Waals surface area contributed by atoms with Gasteiger partial charge in [0.2, 0.25) is 0 Å². The summed E-state index contributed by atoms with van der Waals surface area (Å²) >= 11 is 0. The van der Waals surface area contributed by atoms with Crippen molar-refractivity contribution in [2.45, 2.75) is 27.2 Å². The summed E-state index contributed by atoms with van der Waals surface area (Å²) in [5.74, 6) is 0. The number of allylic oxidation sites excluding steroid dienone is 4. The Hall–Kier alpha value is -1.02. The van der Waals surface area contributed by atoms with Crippen LogP contribution >= 0.6 is 0 Å². The third-order valence-electron chi connectivity index (χ3n) is 2.28. The third kappa shape index (κ3) is 3.56. The van der Waals surface area contributed by atoms with Crippen LogP contribution in [0, 0.1) is 6.10 Å². The van der Waals surface area contributed by atoms with Crippen LogP contribution in [-0.4, -0.2) is 18.1 Å². The molecule has 0 aromatic heterocycles. The molecule has 0 N–H and O–H groups in total. The average molecular weight is 206 g/mol. The monoisotopic (exact) mass is 206 g/mol. The predicted octanol–water partition coefficient (Wildman–Crippen LogP) is 3.25. The van der Waals surface area contributed by atoms with Crippen molar-refractivity contribution in [3.05, 3.63) is 42.3 Å². The second kappa shape index (κ2) is 6.46. The molecule has 1 heterocycles. The minimum atomic E-state index is 0.786. The standard InChI is InChI=1S/C13H20NO/c1-4-11-15-12(3)13-9-7-6-8-10-14(13)5-2/h6-10H,4-5,11H2,1-3H3. The van der Waals surface area contributed by atoms with Gasteiger partial charge in [-0.15, -0.1) is 0 Å². The van der Waals surface area contributed by atoms with Crippen molar-refractivity contribution in [2.75, 3.05) is 13.2 Å². The molecular weight excluding hydrogens is 186 g/mol. The lowest BCUT2D eigenvalue weighted by atomic mass is 10.2. The summed E-state index contributed by atoms with van der Waals surface area (Å²) in [6.07, 6.45) is 12.3. The SMILES string of the molecule is CCCO[C](C)C1=CC=CC=CN1CC. The van der Waals surface area contributed by atoms with Crippen molar-refractivity contribution < 1.29 is 4.74 Å². The highest BCUT2D eigenvalue weighted by Crippen LogP contribution is 2.21. The van der Waals surface area contributed by atoms with Gasteiger partial charge in [0.15, 0.2) is 0 Å². The minimum Gasteiger partial charge on any atom is -0.366 e. The largest absolute Gasteiger partial charge is 0.366 e. The van der Waals surface area contributed by atoms with E-state index in [1.807, 2.05) is 25.2 Å². The Labute approximate surface area is 92.9 Å². The topological polar surface area (TPSA) is 12.5 Å². The van der Waals surface area contributed by atoms with Gasteiger partial charge in [-0.05, 0) is 32.4 Å². The average Bonchev–Trinajstić information content (AvgIpc) is 2.50. The fraction of sp³-hybridized carbons (Fsp3) is 0.462. The molecule has 83 valence electrons. The maximum atomic E-state index is 5.66. The summed E-state index contributed by atoms with van der Waals surface area (Å²) in [6, 6.07) is 0. The highest BCUT2D eigenvalue weighted by atomic mass is 16.5. The Kier molecular flexibility index (Phi) is 5.19. The zero-order valence-electron chi connectivity index (χ0n) is 9.86. The molecule has 2 heteroatoms. The smallest absolute Gasteiger partial charge is 0.139 e. The summed E-state index contributed by atoms with van der Waals surface area (Å²) in [7, 11) is 0. The Balaban J connectivity index is 2.67. The van der Waals surface area contributed by atoms with E-state index >= 15 is 0 Å².